The minimum absolute atomic E-state index is 0.115. The number of nitrogens with zero attached hydrogens (tertiary/aromatic N) is 1. The van der Waals surface area contributed by atoms with Crippen LogP contribution in [0.3, 0.4) is 0 Å². The highest BCUT2D eigenvalue weighted by Gasteiger charge is 2.12. The van der Waals surface area contributed by atoms with E-state index in [4.69, 9.17) is 28.3 Å². The van der Waals surface area contributed by atoms with Crippen LogP contribution >= 0.6 is 23.2 Å². The van der Waals surface area contributed by atoms with Gasteiger partial charge in [-0.2, -0.15) is 0 Å². The van der Waals surface area contributed by atoms with Gasteiger partial charge in [0.05, 0.1) is 5.56 Å². The second kappa shape index (κ2) is 7.72. The summed E-state index contributed by atoms with van der Waals surface area (Å²) in [5.74, 6) is -1.04. The Morgan fingerprint density at radius 1 is 1.04 bits per heavy atom. The normalized spacial score (nSPS) is 10.7. The van der Waals surface area contributed by atoms with Crippen LogP contribution in [0.5, 0.6) is 0 Å². The number of nitrogens with one attached hydrogen (secondary N) is 1. The Labute approximate surface area is 159 Å². The highest BCUT2D eigenvalue weighted by atomic mass is 35.5. The molecule has 0 saturated carbocycles. The van der Waals surface area contributed by atoms with Crippen LogP contribution in [0.2, 0.25) is 10.0 Å². The zero-order valence-electron chi connectivity index (χ0n) is 13.5. The molecule has 2 heterocycles. The van der Waals surface area contributed by atoms with Crippen molar-refractivity contribution in [1.82, 2.24) is 9.97 Å². The summed E-state index contributed by atoms with van der Waals surface area (Å²) >= 11 is 12.7. The van der Waals surface area contributed by atoms with Crippen molar-refractivity contribution in [1.29, 1.82) is 0 Å². The van der Waals surface area contributed by atoms with Crippen molar-refractivity contribution < 1.29 is 9.90 Å². The molecule has 0 aliphatic rings. The van der Waals surface area contributed by atoms with Gasteiger partial charge in [-0.1, -0.05) is 29.3 Å². The van der Waals surface area contributed by atoms with E-state index in [0.717, 1.165) is 16.7 Å². The van der Waals surface area contributed by atoms with Gasteiger partial charge in [-0.3, -0.25) is 9.78 Å². The van der Waals surface area contributed by atoms with Gasteiger partial charge in [0.1, 0.15) is 0 Å². The van der Waals surface area contributed by atoms with Gasteiger partial charge in [0.15, 0.2) is 0 Å². The number of H-pyrrole nitrogens is 1. The number of benzene rings is 1. The summed E-state index contributed by atoms with van der Waals surface area (Å²) in [6, 6.07) is 8.52. The molecule has 0 unspecified atom stereocenters. The number of hydrogen-bond donors (Lipinski definition) is 2. The van der Waals surface area contributed by atoms with E-state index in [-0.39, 0.29) is 11.1 Å². The van der Waals surface area contributed by atoms with Gasteiger partial charge in [-0.15, -0.1) is 0 Å². The number of halogens is 2. The third kappa shape index (κ3) is 4.12. The fourth-order valence-electron chi connectivity index (χ4n) is 2.62. The molecule has 2 N–H and O–H groups in total. The lowest BCUT2D eigenvalue weighted by Crippen LogP contribution is -2.11. The summed E-state index contributed by atoms with van der Waals surface area (Å²) in [6.07, 6.45) is 5.22. The summed E-state index contributed by atoms with van der Waals surface area (Å²) in [5, 5.41) is 10.1. The number of carbonyl (C=O) groups is 1. The molecule has 132 valence electrons. The molecule has 7 heteroatoms. The van der Waals surface area contributed by atoms with Crippen LogP contribution in [0.25, 0.3) is 0 Å². The number of aromatic nitrogens is 2. The zero-order chi connectivity index (χ0) is 18.7. The molecule has 0 aliphatic heterocycles. The van der Waals surface area contributed by atoms with Crippen molar-refractivity contribution >= 4 is 29.2 Å². The molecule has 0 fully saturated rings. The summed E-state index contributed by atoms with van der Waals surface area (Å²) in [6.45, 7) is 0. The molecule has 1 aromatic carbocycles. The largest absolute Gasteiger partial charge is 0.478 e. The van der Waals surface area contributed by atoms with E-state index >= 15 is 0 Å². The van der Waals surface area contributed by atoms with Crippen molar-refractivity contribution in [2.75, 3.05) is 0 Å². The molecule has 0 saturated heterocycles. The summed E-state index contributed by atoms with van der Waals surface area (Å²) in [7, 11) is 0. The third-order valence-corrected chi connectivity index (χ3v) is 4.64. The Balaban J connectivity index is 1.88. The van der Waals surface area contributed by atoms with E-state index in [1.165, 1.54) is 6.20 Å². The Kier molecular flexibility index (Phi) is 5.40. The van der Waals surface area contributed by atoms with E-state index in [0.29, 0.717) is 28.5 Å². The Bertz CT molecular complexity index is 1030. The third-order valence-electron chi connectivity index (χ3n) is 3.93. The number of aromatic amines is 1. The lowest BCUT2D eigenvalue weighted by atomic mass is 10.0. The average Bonchev–Trinajstić information content (AvgIpc) is 2.61. The number of pyridine rings is 2. The first kappa shape index (κ1) is 18.2. The standard InChI is InChI=1S/C19H14Cl2N2O3/c20-16-8-14(6-12-2-1-3-23-18(12)24)17(21)7-13(16)4-11-5-15(19(25)26)10-22-9-11/h1-3,5,7-10H,4,6H2,(H,23,24)(H,25,26). The first-order chi connectivity index (χ1) is 12.4. The second-order valence-electron chi connectivity index (χ2n) is 5.80. The molecule has 0 radical (unpaired) electrons. The number of rotatable bonds is 5. The fourth-order valence-corrected chi connectivity index (χ4v) is 3.13. The fraction of sp³-hybridized carbons (Fsp3) is 0.105. The van der Waals surface area contributed by atoms with E-state index < -0.39 is 5.97 Å². The minimum atomic E-state index is -1.04. The maximum absolute atomic E-state index is 11.8. The smallest absolute Gasteiger partial charge is 0.337 e. The highest BCUT2D eigenvalue weighted by molar-refractivity contribution is 6.34. The summed E-state index contributed by atoms with van der Waals surface area (Å²) in [5.41, 5.74) is 2.76. The van der Waals surface area contributed by atoms with Gasteiger partial charge in [0.25, 0.3) is 5.56 Å². The average molecular weight is 389 g/mol. The molecule has 0 atom stereocenters. The molecule has 3 rings (SSSR count). The number of carboxylic acid groups (broad SMARTS) is 1. The minimum Gasteiger partial charge on any atom is -0.478 e. The van der Waals surface area contributed by atoms with Crippen molar-refractivity contribution in [3.63, 3.8) is 0 Å². The molecular formula is C19H14Cl2N2O3. The van der Waals surface area contributed by atoms with Crippen LogP contribution < -0.4 is 5.56 Å². The van der Waals surface area contributed by atoms with Crippen LogP contribution in [0, 0.1) is 0 Å². The Hall–Kier alpha value is -2.63. The highest BCUT2D eigenvalue weighted by Crippen LogP contribution is 2.28. The molecule has 26 heavy (non-hydrogen) atoms. The predicted octanol–water partition coefficient (Wildman–Crippen LogP) is 3.96. The van der Waals surface area contributed by atoms with Gasteiger partial charge in [-0.05, 0) is 41.0 Å². The van der Waals surface area contributed by atoms with E-state index in [2.05, 4.69) is 9.97 Å². The number of aromatic carboxylic acids is 1. The molecule has 2 aromatic heterocycles. The Morgan fingerprint density at radius 3 is 2.38 bits per heavy atom. The molecular weight excluding hydrogens is 375 g/mol. The van der Waals surface area contributed by atoms with Gasteiger partial charge >= 0.3 is 5.97 Å². The molecule has 0 spiro atoms. The van der Waals surface area contributed by atoms with Crippen LogP contribution in [0.4, 0.5) is 0 Å². The lowest BCUT2D eigenvalue weighted by molar-refractivity contribution is 0.0696. The first-order valence-electron chi connectivity index (χ1n) is 7.74. The number of hydrogen-bond acceptors (Lipinski definition) is 3. The lowest BCUT2D eigenvalue weighted by Gasteiger charge is -2.10. The molecule has 0 bridgehead atoms. The summed E-state index contributed by atoms with van der Waals surface area (Å²) in [4.78, 5) is 29.5. The van der Waals surface area contributed by atoms with E-state index in [1.54, 1.807) is 42.7 Å². The van der Waals surface area contributed by atoms with Crippen molar-refractivity contribution in [2.45, 2.75) is 12.8 Å². The maximum atomic E-state index is 11.8. The second-order valence-corrected chi connectivity index (χ2v) is 6.61. The quantitative estimate of drug-likeness (QED) is 0.692. The van der Waals surface area contributed by atoms with Gasteiger partial charge in [0.2, 0.25) is 0 Å². The van der Waals surface area contributed by atoms with Crippen LogP contribution in [0.15, 0.2) is 53.7 Å². The number of carboxylic acids is 1. The topological polar surface area (TPSA) is 83.0 Å². The molecule has 0 aliphatic carbocycles. The van der Waals surface area contributed by atoms with Crippen molar-refractivity contribution in [3.8, 4) is 0 Å². The van der Waals surface area contributed by atoms with Gasteiger partial charge in [-0.25, -0.2) is 4.79 Å². The Morgan fingerprint density at radius 2 is 1.73 bits per heavy atom. The van der Waals surface area contributed by atoms with Crippen LogP contribution in [0.1, 0.15) is 32.6 Å². The maximum Gasteiger partial charge on any atom is 0.337 e. The summed E-state index contributed by atoms with van der Waals surface area (Å²) < 4.78 is 0. The van der Waals surface area contributed by atoms with E-state index in [9.17, 15) is 9.59 Å². The van der Waals surface area contributed by atoms with Crippen LogP contribution in [-0.4, -0.2) is 21.0 Å². The van der Waals surface area contributed by atoms with Crippen molar-refractivity contribution in [2.24, 2.45) is 0 Å². The van der Waals surface area contributed by atoms with Gasteiger partial charge in [0, 0.05) is 47.0 Å². The van der Waals surface area contributed by atoms with E-state index in [1.807, 2.05) is 0 Å². The SMILES string of the molecule is O=C(O)c1cncc(Cc2cc(Cl)c(Cc3ccc[nH]c3=O)cc2Cl)c1. The van der Waals surface area contributed by atoms with Crippen LogP contribution in [-0.2, 0) is 12.8 Å². The first-order valence-corrected chi connectivity index (χ1v) is 8.50. The van der Waals surface area contributed by atoms with Crippen molar-refractivity contribution in [3.05, 3.63) is 97.1 Å². The predicted molar refractivity (Wildman–Crippen MR) is 100 cm³/mol. The molecule has 0 amide bonds. The molecule has 5 nitrogen and oxygen atoms in total. The zero-order valence-corrected chi connectivity index (χ0v) is 15.0. The molecule has 3 aromatic rings. The van der Waals surface area contributed by atoms with Gasteiger partial charge < -0.3 is 10.1 Å². The monoisotopic (exact) mass is 388 g/mol.